The lowest BCUT2D eigenvalue weighted by Crippen LogP contribution is -2.45. The standard InChI is InChI=1S/C28H30N4O2S/c1-19-10-12-23(13-11-19)32-27(34)25-24(14-16-35-25)30-28(32)31-15-6-9-22(18-31)26(33)29-17-20(2)21-7-4-3-5-8-21/h3-5,7-8,10-14,16,20,22H,6,9,15,17-18H2,1-2H3,(H,29,33)/t20-,22-/m0/s1. The first-order valence-corrected chi connectivity index (χ1v) is 13.0. The minimum absolute atomic E-state index is 0.0629. The molecule has 0 saturated carbocycles. The number of nitrogens with zero attached hydrogens (tertiary/aromatic N) is 3. The summed E-state index contributed by atoms with van der Waals surface area (Å²) in [5.41, 5.74) is 3.79. The molecule has 0 bridgehead atoms. The molecule has 2 atom stereocenters. The highest BCUT2D eigenvalue weighted by Crippen LogP contribution is 2.27. The van der Waals surface area contributed by atoms with E-state index in [0.29, 0.717) is 29.3 Å². The highest BCUT2D eigenvalue weighted by atomic mass is 32.1. The molecule has 180 valence electrons. The third-order valence-electron chi connectivity index (χ3n) is 6.78. The molecule has 1 N–H and O–H groups in total. The number of carbonyl (C=O) groups excluding carboxylic acids is 1. The Balaban J connectivity index is 1.39. The van der Waals surface area contributed by atoms with E-state index in [1.165, 1.54) is 16.9 Å². The van der Waals surface area contributed by atoms with Crippen molar-refractivity contribution in [3.8, 4) is 5.69 Å². The third kappa shape index (κ3) is 4.86. The van der Waals surface area contributed by atoms with Crippen LogP contribution in [0, 0.1) is 12.8 Å². The number of rotatable bonds is 6. The number of amides is 1. The first-order chi connectivity index (χ1) is 17.0. The zero-order valence-electron chi connectivity index (χ0n) is 20.1. The number of carbonyl (C=O) groups is 1. The van der Waals surface area contributed by atoms with Crippen molar-refractivity contribution in [3.05, 3.63) is 87.5 Å². The van der Waals surface area contributed by atoms with Crippen LogP contribution in [0.2, 0.25) is 0 Å². The Morgan fingerprint density at radius 2 is 1.91 bits per heavy atom. The van der Waals surface area contributed by atoms with E-state index in [1.54, 1.807) is 4.57 Å². The number of anilines is 1. The Kier molecular flexibility index (Phi) is 6.68. The first-order valence-electron chi connectivity index (χ1n) is 12.2. The quantitative estimate of drug-likeness (QED) is 0.421. The van der Waals surface area contributed by atoms with Crippen LogP contribution in [-0.2, 0) is 4.79 Å². The summed E-state index contributed by atoms with van der Waals surface area (Å²) in [6, 6.07) is 20.1. The van der Waals surface area contributed by atoms with Gasteiger partial charge in [-0.15, -0.1) is 11.3 Å². The number of thiophene rings is 1. The van der Waals surface area contributed by atoms with Crippen LogP contribution in [-0.4, -0.2) is 35.1 Å². The maximum Gasteiger partial charge on any atom is 0.277 e. The number of piperidine rings is 1. The summed E-state index contributed by atoms with van der Waals surface area (Å²) >= 11 is 1.42. The summed E-state index contributed by atoms with van der Waals surface area (Å²) in [5, 5.41) is 5.06. The van der Waals surface area contributed by atoms with Crippen LogP contribution in [0.5, 0.6) is 0 Å². The van der Waals surface area contributed by atoms with Gasteiger partial charge in [-0.25, -0.2) is 9.55 Å². The Morgan fingerprint density at radius 3 is 2.69 bits per heavy atom. The summed E-state index contributed by atoms with van der Waals surface area (Å²) in [5.74, 6) is 0.778. The molecule has 0 unspecified atom stereocenters. The predicted octanol–water partition coefficient (Wildman–Crippen LogP) is 4.89. The Labute approximate surface area is 209 Å². The summed E-state index contributed by atoms with van der Waals surface area (Å²) in [4.78, 5) is 33.6. The fraction of sp³-hybridized carbons (Fsp3) is 0.321. The van der Waals surface area contributed by atoms with Gasteiger partial charge >= 0.3 is 0 Å². The van der Waals surface area contributed by atoms with Crippen LogP contribution in [0.15, 0.2) is 70.8 Å². The molecule has 4 aromatic rings. The van der Waals surface area contributed by atoms with Crippen molar-refractivity contribution < 1.29 is 4.79 Å². The third-order valence-corrected chi connectivity index (χ3v) is 7.67. The zero-order valence-corrected chi connectivity index (χ0v) is 20.9. The molecular formula is C28H30N4O2S. The Bertz CT molecular complexity index is 1380. The van der Waals surface area contributed by atoms with Crippen LogP contribution in [0.1, 0.15) is 36.8 Å². The summed E-state index contributed by atoms with van der Waals surface area (Å²) in [6.45, 7) is 6.06. The SMILES string of the molecule is Cc1ccc(-n2c(N3CCC[C@H](C(=O)NC[C@H](C)c4ccccc4)C3)nc3ccsc3c2=O)cc1. The molecule has 1 fully saturated rings. The van der Waals surface area contributed by atoms with E-state index in [-0.39, 0.29) is 23.3 Å². The van der Waals surface area contributed by atoms with Gasteiger partial charge < -0.3 is 10.2 Å². The number of hydrogen-bond acceptors (Lipinski definition) is 5. The van der Waals surface area contributed by atoms with Gasteiger partial charge in [-0.1, -0.05) is 55.0 Å². The van der Waals surface area contributed by atoms with Gasteiger partial charge in [0.25, 0.3) is 5.56 Å². The lowest BCUT2D eigenvalue weighted by molar-refractivity contribution is -0.125. The van der Waals surface area contributed by atoms with Crippen molar-refractivity contribution in [1.29, 1.82) is 0 Å². The van der Waals surface area contributed by atoms with E-state index in [9.17, 15) is 9.59 Å². The average Bonchev–Trinajstić information content (AvgIpc) is 3.37. The van der Waals surface area contributed by atoms with Crippen LogP contribution in [0.3, 0.4) is 0 Å². The molecule has 0 radical (unpaired) electrons. The average molecular weight is 487 g/mol. The van der Waals surface area contributed by atoms with Gasteiger partial charge in [0.1, 0.15) is 4.70 Å². The number of nitrogens with one attached hydrogen (secondary N) is 1. The molecular weight excluding hydrogens is 456 g/mol. The molecule has 7 heteroatoms. The van der Waals surface area contributed by atoms with E-state index in [0.717, 1.165) is 30.6 Å². The highest BCUT2D eigenvalue weighted by Gasteiger charge is 2.29. The van der Waals surface area contributed by atoms with E-state index < -0.39 is 0 Å². The molecule has 35 heavy (non-hydrogen) atoms. The van der Waals surface area contributed by atoms with Gasteiger partial charge in [-0.3, -0.25) is 9.59 Å². The second kappa shape index (κ2) is 10.0. The van der Waals surface area contributed by atoms with E-state index in [4.69, 9.17) is 4.98 Å². The molecule has 0 aliphatic carbocycles. The lowest BCUT2D eigenvalue weighted by Gasteiger charge is -2.34. The fourth-order valence-corrected chi connectivity index (χ4v) is 5.47. The van der Waals surface area contributed by atoms with Crippen LogP contribution in [0.25, 0.3) is 15.9 Å². The zero-order chi connectivity index (χ0) is 24.4. The Hall–Kier alpha value is -3.45. The van der Waals surface area contributed by atoms with Gasteiger partial charge in [-0.2, -0.15) is 0 Å². The van der Waals surface area contributed by atoms with Crippen molar-refractivity contribution in [2.75, 3.05) is 24.5 Å². The van der Waals surface area contributed by atoms with Gasteiger partial charge in [0.05, 0.1) is 17.1 Å². The molecule has 6 nitrogen and oxygen atoms in total. The monoisotopic (exact) mass is 486 g/mol. The molecule has 2 aromatic carbocycles. The number of aryl methyl sites for hydroxylation is 1. The van der Waals surface area contributed by atoms with Gasteiger partial charge in [-0.05, 0) is 54.8 Å². The molecule has 1 aliphatic heterocycles. The largest absolute Gasteiger partial charge is 0.355 e. The molecule has 1 saturated heterocycles. The molecule has 1 aliphatic rings. The lowest BCUT2D eigenvalue weighted by atomic mass is 9.96. The van der Waals surface area contributed by atoms with Crippen molar-refractivity contribution >= 4 is 33.4 Å². The van der Waals surface area contributed by atoms with Crippen molar-refractivity contribution in [1.82, 2.24) is 14.9 Å². The van der Waals surface area contributed by atoms with Crippen LogP contribution >= 0.6 is 11.3 Å². The number of aromatic nitrogens is 2. The fourth-order valence-electron chi connectivity index (χ4n) is 4.71. The molecule has 1 amide bonds. The second-order valence-electron chi connectivity index (χ2n) is 9.36. The summed E-state index contributed by atoms with van der Waals surface area (Å²) in [6.07, 6.45) is 1.70. The summed E-state index contributed by atoms with van der Waals surface area (Å²) in [7, 11) is 0. The number of benzene rings is 2. The summed E-state index contributed by atoms with van der Waals surface area (Å²) < 4.78 is 2.35. The first kappa shape index (κ1) is 23.3. The topological polar surface area (TPSA) is 67.2 Å². The van der Waals surface area contributed by atoms with Gasteiger partial charge in [0.2, 0.25) is 11.9 Å². The maximum atomic E-state index is 13.5. The minimum Gasteiger partial charge on any atom is -0.355 e. The smallest absolute Gasteiger partial charge is 0.277 e. The van der Waals surface area contributed by atoms with Gasteiger partial charge in [0.15, 0.2) is 0 Å². The van der Waals surface area contributed by atoms with E-state index >= 15 is 0 Å². The highest BCUT2D eigenvalue weighted by molar-refractivity contribution is 7.17. The van der Waals surface area contributed by atoms with Crippen LogP contribution < -0.4 is 15.8 Å². The molecule has 0 spiro atoms. The number of fused-ring (bicyclic) bond motifs is 1. The molecule has 2 aromatic heterocycles. The van der Waals surface area contributed by atoms with Crippen molar-refractivity contribution in [2.45, 2.75) is 32.6 Å². The predicted molar refractivity (Wildman–Crippen MR) is 143 cm³/mol. The minimum atomic E-state index is -0.145. The van der Waals surface area contributed by atoms with E-state index in [2.05, 4.69) is 29.3 Å². The van der Waals surface area contributed by atoms with E-state index in [1.807, 2.05) is 60.8 Å². The molecule has 5 rings (SSSR count). The normalized spacial score (nSPS) is 16.9. The van der Waals surface area contributed by atoms with Gasteiger partial charge in [0, 0.05) is 19.6 Å². The van der Waals surface area contributed by atoms with Crippen molar-refractivity contribution in [3.63, 3.8) is 0 Å². The van der Waals surface area contributed by atoms with Crippen molar-refractivity contribution in [2.24, 2.45) is 5.92 Å². The second-order valence-corrected chi connectivity index (χ2v) is 10.3. The molecule has 3 heterocycles. The number of hydrogen-bond donors (Lipinski definition) is 1. The maximum absolute atomic E-state index is 13.5. The van der Waals surface area contributed by atoms with Crippen LogP contribution in [0.4, 0.5) is 5.95 Å². The Morgan fingerprint density at radius 1 is 1.14 bits per heavy atom.